The number of nitrogens with zero attached hydrogens (tertiary/aromatic N) is 1. The average Bonchev–Trinajstić information content (AvgIpc) is 2.31. The fourth-order valence-electron chi connectivity index (χ4n) is 2.59. The molecule has 0 bridgehead atoms. The molecule has 1 fully saturated rings. The predicted octanol–water partition coefficient (Wildman–Crippen LogP) is 2.35. The Morgan fingerprint density at radius 1 is 1.40 bits per heavy atom. The van der Waals surface area contributed by atoms with Crippen molar-refractivity contribution >= 4 is 17.6 Å². The first-order chi connectivity index (χ1) is 9.36. The first-order valence-electron chi connectivity index (χ1n) is 6.49. The third-order valence-electron chi connectivity index (χ3n) is 3.27. The zero-order valence-electron chi connectivity index (χ0n) is 11.5. The molecule has 6 heteroatoms. The summed E-state index contributed by atoms with van der Waals surface area (Å²) < 4.78 is 5.65. The molecule has 110 valence electrons. The van der Waals surface area contributed by atoms with E-state index in [2.05, 4.69) is 4.90 Å². The maximum absolute atomic E-state index is 11.1. The minimum Gasteiger partial charge on any atom is -0.507 e. The normalized spacial score (nSPS) is 23.8. The van der Waals surface area contributed by atoms with Gasteiger partial charge >= 0.3 is 5.97 Å². The number of carboxylic acids is 1. The lowest BCUT2D eigenvalue weighted by atomic mass is 10.1. The molecule has 0 amide bonds. The maximum atomic E-state index is 11.1. The van der Waals surface area contributed by atoms with E-state index in [1.54, 1.807) is 6.07 Å². The molecule has 2 rings (SSSR count). The van der Waals surface area contributed by atoms with Crippen LogP contribution in [0.1, 0.15) is 29.8 Å². The molecule has 1 heterocycles. The van der Waals surface area contributed by atoms with E-state index in [9.17, 15) is 9.90 Å². The van der Waals surface area contributed by atoms with Gasteiger partial charge in [-0.25, -0.2) is 4.79 Å². The lowest BCUT2D eigenvalue weighted by molar-refractivity contribution is -0.0706. The molecule has 0 spiro atoms. The highest BCUT2D eigenvalue weighted by atomic mass is 35.5. The summed E-state index contributed by atoms with van der Waals surface area (Å²) in [5.74, 6) is -1.40. The lowest BCUT2D eigenvalue weighted by Crippen LogP contribution is -2.44. The Balaban J connectivity index is 2.23. The summed E-state index contributed by atoms with van der Waals surface area (Å²) in [6.45, 7) is 5.90. The largest absolute Gasteiger partial charge is 0.507 e. The van der Waals surface area contributed by atoms with E-state index in [0.717, 1.165) is 13.1 Å². The molecule has 1 aliphatic heterocycles. The summed E-state index contributed by atoms with van der Waals surface area (Å²) >= 11 is 5.92. The zero-order valence-corrected chi connectivity index (χ0v) is 12.2. The van der Waals surface area contributed by atoms with Gasteiger partial charge in [0.05, 0.1) is 12.2 Å². The van der Waals surface area contributed by atoms with Crippen LogP contribution in [0, 0.1) is 0 Å². The van der Waals surface area contributed by atoms with Gasteiger partial charge in [-0.05, 0) is 26.0 Å². The smallest absolute Gasteiger partial charge is 0.339 e. The molecular weight excluding hydrogens is 282 g/mol. The molecule has 0 aliphatic carbocycles. The first-order valence-corrected chi connectivity index (χ1v) is 6.87. The van der Waals surface area contributed by atoms with Crippen LogP contribution in [0.15, 0.2) is 12.1 Å². The summed E-state index contributed by atoms with van der Waals surface area (Å²) in [7, 11) is 0. The molecule has 2 atom stereocenters. The van der Waals surface area contributed by atoms with Crippen LogP contribution in [0.4, 0.5) is 0 Å². The van der Waals surface area contributed by atoms with E-state index in [0.29, 0.717) is 17.1 Å². The van der Waals surface area contributed by atoms with Crippen LogP contribution in [0.5, 0.6) is 5.75 Å². The number of benzene rings is 1. The van der Waals surface area contributed by atoms with E-state index >= 15 is 0 Å². The van der Waals surface area contributed by atoms with Crippen LogP contribution in [-0.2, 0) is 11.3 Å². The van der Waals surface area contributed by atoms with Gasteiger partial charge in [0, 0.05) is 30.2 Å². The van der Waals surface area contributed by atoms with Gasteiger partial charge in [0.2, 0.25) is 0 Å². The van der Waals surface area contributed by atoms with Crippen molar-refractivity contribution in [2.24, 2.45) is 0 Å². The van der Waals surface area contributed by atoms with E-state index in [1.807, 2.05) is 13.8 Å². The number of ether oxygens (including phenoxy) is 1. The van der Waals surface area contributed by atoms with Crippen molar-refractivity contribution in [1.82, 2.24) is 4.90 Å². The van der Waals surface area contributed by atoms with Crippen molar-refractivity contribution in [3.63, 3.8) is 0 Å². The lowest BCUT2D eigenvalue weighted by Gasteiger charge is -2.35. The standard InChI is InChI=1S/C14H18ClNO4/c1-8-5-16(6-9(2)20-8)7-10-3-11(15)4-12(13(10)17)14(18)19/h3-4,8-9,17H,5-7H2,1-2H3,(H,18,19)/t8-,9?/m0/s1. The van der Waals surface area contributed by atoms with Crippen molar-refractivity contribution in [3.8, 4) is 5.75 Å². The second-order valence-corrected chi connectivity index (χ2v) is 5.65. The highest BCUT2D eigenvalue weighted by Gasteiger charge is 2.24. The first kappa shape index (κ1) is 15.1. The Morgan fingerprint density at radius 3 is 2.55 bits per heavy atom. The summed E-state index contributed by atoms with van der Waals surface area (Å²) in [6, 6.07) is 2.86. The van der Waals surface area contributed by atoms with E-state index in [1.165, 1.54) is 6.07 Å². The number of hydrogen-bond acceptors (Lipinski definition) is 4. The number of rotatable bonds is 3. The number of aromatic carboxylic acids is 1. The Labute approximate surface area is 122 Å². The van der Waals surface area contributed by atoms with Crippen LogP contribution < -0.4 is 0 Å². The monoisotopic (exact) mass is 299 g/mol. The number of aromatic hydroxyl groups is 1. The van der Waals surface area contributed by atoms with Crippen molar-refractivity contribution in [1.29, 1.82) is 0 Å². The molecule has 20 heavy (non-hydrogen) atoms. The minimum atomic E-state index is -1.19. The van der Waals surface area contributed by atoms with Gasteiger partial charge < -0.3 is 14.9 Å². The van der Waals surface area contributed by atoms with E-state index < -0.39 is 5.97 Å². The number of hydrogen-bond donors (Lipinski definition) is 2. The fourth-order valence-corrected chi connectivity index (χ4v) is 2.83. The number of halogens is 1. The molecule has 2 N–H and O–H groups in total. The SMILES string of the molecule is CC1CN(Cc2cc(Cl)cc(C(=O)O)c2O)C[C@H](C)O1. The average molecular weight is 300 g/mol. The Bertz CT molecular complexity index is 510. The van der Waals surface area contributed by atoms with Gasteiger partial charge in [-0.2, -0.15) is 0 Å². The van der Waals surface area contributed by atoms with Gasteiger partial charge in [-0.1, -0.05) is 11.6 Å². The van der Waals surface area contributed by atoms with Crippen molar-refractivity contribution < 1.29 is 19.7 Å². The molecule has 0 aromatic heterocycles. The highest BCUT2D eigenvalue weighted by molar-refractivity contribution is 6.31. The van der Waals surface area contributed by atoms with Gasteiger partial charge in [-0.15, -0.1) is 0 Å². The molecule has 5 nitrogen and oxygen atoms in total. The maximum Gasteiger partial charge on any atom is 0.339 e. The Kier molecular flexibility index (Phi) is 4.52. The second-order valence-electron chi connectivity index (χ2n) is 5.22. The van der Waals surface area contributed by atoms with Crippen LogP contribution in [0.3, 0.4) is 0 Å². The van der Waals surface area contributed by atoms with Crippen LogP contribution in [0.2, 0.25) is 5.02 Å². The minimum absolute atomic E-state index is 0.110. The summed E-state index contributed by atoms with van der Waals surface area (Å²) in [4.78, 5) is 13.2. The van der Waals surface area contributed by atoms with Gasteiger partial charge in [-0.3, -0.25) is 4.90 Å². The summed E-state index contributed by atoms with van der Waals surface area (Å²) in [6.07, 6.45) is 0.220. The van der Waals surface area contributed by atoms with Crippen LogP contribution in [-0.4, -0.2) is 46.4 Å². The number of morpholine rings is 1. The number of phenols is 1. The van der Waals surface area contributed by atoms with Crippen molar-refractivity contribution in [2.75, 3.05) is 13.1 Å². The zero-order chi connectivity index (χ0) is 14.9. The molecule has 0 radical (unpaired) electrons. The van der Waals surface area contributed by atoms with Gasteiger partial charge in [0.1, 0.15) is 11.3 Å². The highest BCUT2D eigenvalue weighted by Crippen LogP contribution is 2.29. The van der Waals surface area contributed by atoms with Gasteiger partial charge in [0.25, 0.3) is 0 Å². The second kappa shape index (κ2) is 5.99. The summed E-state index contributed by atoms with van der Waals surface area (Å²) in [5, 5.41) is 19.4. The van der Waals surface area contributed by atoms with Crippen LogP contribution in [0.25, 0.3) is 0 Å². The molecule has 1 aliphatic rings. The van der Waals surface area contributed by atoms with E-state index in [4.69, 9.17) is 21.4 Å². The topological polar surface area (TPSA) is 70.0 Å². The summed E-state index contributed by atoms with van der Waals surface area (Å²) in [5.41, 5.74) is 0.359. The Morgan fingerprint density at radius 2 is 2.00 bits per heavy atom. The van der Waals surface area contributed by atoms with Crippen LogP contribution >= 0.6 is 11.6 Å². The van der Waals surface area contributed by atoms with Crippen molar-refractivity contribution in [2.45, 2.75) is 32.6 Å². The predicted molar refractivity (Wildman–Crippen MR) is 75.4 cm³/mol. The molecule has 1 saturated heterocycles. The number of carboxylic acid groups (broad SMARTS) is 1. The number of carbonyl (C=O) groups is 1. The third kappa shape index (κ3) is 3.42. The van der Waals surface area contributed by atoms with Gasteiger partial charge in [0.15, 0.2) is 0 Å². The Hall–Kier alpha value is -1.30. The quantitative estimate of drug-likeness (QED) is 0.896. The fraction of sp³-hybridized carbons (Fsp3) is 0.500. The third-order valence-corrected chi connectivity index (χ3v) is 3.49. The van der Waals surface area contributed by atoms with E-state index in [-0.39, 0.29) is 23.5 Å². The van der Waals surface area contributed by atoms with Crippen molar-refractivity contribution in [3.05, 3.63) is 28.3 Å². The molecular formula is C14H18ClNO4. The molecule has 1 aromatic carbocycles. The molecule has 1 aromatic rings. The molecule has 1 unspecified atom stereocenters. The molecule has 0 saturated carbocycles.